The number of hydrogen-bond acceptors (Lipinski definition) is 3. The number of nitriles is 1. The van der Waals surface area contributed by atoms with Gasteiger partial charge < -0.3 is 4.74 Å². The maximum atomic E-state index is 13.2. The molecule has 0 aromatic heterocycles. The molecule has 170 valence electrons. The number of carbonyl (C=O) groups excluding carboxylic acids is 1. The lowest BCUT2D eigenvalue weighted by Crippen LogP contribution is -2.71. The number of nitrogens with zero attached hydrogens (tertiary/aromatic N) is 1. The van der Waals surface area contributed by atoms with Crippen LogP contribution in [0.2, 0.25) is 0 Å². The summed E-state index contributed by atoms with van der Waals surface area (Å²) in [5.74, 6) is -42.1. The van der Waals surface area contributed by atoms with Crippen molar-refractivity contribution >= 4 is 5.97 Å². The van der Waals surface area contributed by atoms with Crippen molar-refractivity contribution in [3.05, 3.63) is 0 Å². The SMILES string of the molecule is N#CCC(=O)OC(F)(F)C(F)(F)C(F)(F)C(F)(F)C(F)(F)C(F)(F)CC(F)(F)F. The van der Waals surface area contributed by atoms with Gasteiger partial charge in [-0.05, 0) is 0 Å². The van der Waals surface area contributed by atoms with E-state index in [4.69, 9.17) is 5.26 Å². The van der Waals surface area contributed by atoms with Crippen LogP contribution in [-0.2, 0) is 9.53 Å². The summed E-state index contributed by atoms with van der Waals surface area (Å²) in [7, 11) is 0. The number of rotatable bonds is 8. The van der Waals surface area contributed by atoms with E-state index in [0.717, 1.165) is 0 Å². The van der Waals surface area contributed by atoms with Crippen LogP contribution in [0.1, 0.15) is 12.8 Å². The molecule has 0 aliphatic heterocycles. The molecule has 0 radical (unpaired) electrons. The Balaban J connectivity index is 6.30. The van der Waals surface area contributed by atoms with Crippen LogP contribution >= 0.6 is 0 Å². The fourth-order valence-electron chi connectivity index (χ4n) is 1.48. The van der Waals surface area contributed by atoms with Crippen molar-refractivity contribution in [3.63, 3.8) is 0 Å². The molecule has 0 aromatic rings. The van der Waals surface area contributed by atoms with Crippen LogP contribution in [0.15, 0.2) is 0 Å². The summed E-state index contributed by atoms with van der Waals surface area (Å²) in [5.41, 5.74) is 0. The van der Waals surface area contributed by atoms with Crippen LogP contribution in [0.4, 0.5) is 65.9 Å². The van der Waals surface area contributed by atoms with Crippen molar-refractivity contribution in [3.8, 4) is 6.07 Å². The molecule has 29 heavy (non-hydrogen) atoms. The largest absolute Gasteiger partial charge is 0.473 e. The molecular weight excluding hydrogens is 463 g/mol. The van der Waals surface area contributed by atoms with Gasteiger partial charge in [-0.2, -0.15) is 71.1 Å². The van der Waals surface area contributed by atoms with E-state index < -0.39 is 60.7 Å². The molecule has 0 atom stereocenters. The second kappa shape index (κ2) is 7.31. The molecule has 0 saturated carbocycles. The number of alkyl halides is 15. The molecule has 3 nitrogen and oxygen atoms in total. The zero-order valence-corrected chi connectivity index (χ0v) is 12.8. The highest BCUT2D eigenvalue weighted by Gasteiger charge is 2.91. The van der Waals surface area contributed by atoms with Crippen LogP contribution in [0.3, 0.4) is 0 Å². The third kappa shape index (κ3) is 4.57. The molecule has 0 aliphatic rings. The van der Waals surface area contributed by atoms with E-state index in [9.17, 15) is 70.7 Å². The first-order valence-corrected chi connectivity index (χ1v) is 6.33. The predicted octanol–water partition coefficient (Wildman–Crippen LogP) is 5.16. The quantitative estimate of drug-likeness (QED) is 0.366. The molecule has 0 N–H and O–H groups in total. The van der Waals surface area contributed by atoms with Gasteiger partial charge in [-0.15, -0.1) is 0 Å². The van der Waals surface area contributed by atoms with Crippen molar-refractivity contribution in [2.24, 2.45) is 0 Å². The normalized spacial score (nSPS) is 15.1. The molecule has 0 unspecified atom stereocenters. The zero-order valence-electron chi connectivity index (χ0n) is 12.8. The molecule has 0 aliphatic carbocycles. The lowest BCUT2D eigenvalue weighted by atomic mass is 9.92. The van der Waals surface area contributed by atoms with Crippen LogP contribution in [0.5, 0.6) is 0 Å². The third-order valence-electron chi connectivity index (χ3n) is 2.90. The smallest absolute Gasteiger partial charge is 0.395 e. The van der Waals surface area contributed by atoms with Gasteiger partial charge in [-0.1, -0.05) is 0 Å². The number of ether oxygens (including phenoxy) is 1. The predicted molar refractivity (Wildman–Crippen MR) is 56.7 cm³/mol. The van der Waals surface area contributed by atoms with Crippen LogP contribution in [0, 0.1) is 11.3 Å². The Labute approximate surface area is 149 Å². The van der Waals surface area contributed by atoms with Gasteiger partial charge in [0.05, 0.1) is 6.07 Å². The highest BCUT2D eigenvalue weighted by Crippen LogP contribution is 2.61. The molecule has 0 rings (SSSR count). The molecule has 0 spiro atoms. The fourth-order valence-corrected chi connectivity index (χ4v) is 1.48. The second-order valence-electron chi connectivity index (χ2n) is 5.12. The van der Waals surface area contributed by atoms with E-state index in [0.29, 0.717) is 6.07 Å². The summed E-state index contributed by atoms with van der Waals surface area (Å²) >= 11 is 0. The number of halogens is 15. The van der Waals surface area contributed by atoms with Gasteiger partial charge in [-0.3, -0.25) is 4.79 Å². The van der Waals surface area contributed by atoms with Gasteiger partial charge in [-0.25, -0.2) is 0 Å². The first kappa shape index (κ1) is 26.9. The Hall–Kier alpha value is -2.09. The molecule has 18 heteroatoms. The van der Waals surface area contributed by atoms with Gasteiger partial charge in [0, 0.05) is 0 Å². The Kier molecular flexibility index (Phi) is 6.78. The Morgan fingerprint density at radius 2 is 1.07 bits per heavy atom. The first-order chi connectivity index (χ1) is 12.4. The van der Waals surface area contributed by atoms with Crippen molar-refractivity contribution in [1.29, 1.82) is 5.26 Å². The van der Waals surface area contributed by atoms with Gasteiger partial charge in [0.25, 0.3) is 0 Å². The Morgan fingerprint density at radius 1 is 0.690 bits per heavy atom. The highest BCUT2D eigenvalue weighted by atomic mass is 19.4. The van der Waals surface area contributed by atoms with Crippen LogP contribution in [0.25, 0.3) is 0 Å². The fraction of sp³-hybridized carbons (Fsp3) is 0.818. The van der Waals surface area contributed by atoms with Crippen molar-refractivity contribution in [2.75, 3.05) is 0 Å². The number of carbonyl (C=O) groups is 1. The standard InChI is InChI=1S/C11H4F15NO2/c12-5(13,3-6(14,15)16)7(17,18)8(19,20)9(21,22)10(23,24)11(25,26)29-4(28)1-2-27/h1,3H2. The van der Waals surface area contributed by atoms with E-state index >= 15 is 0 Å². The summed E-state index contributed by atoms with van der Waals surface area (Å²) in [6.45, 7) is 0. The molecule has 0 aromatic carbocycles. The third-order valence-corrected chi connectivity index (χ3v) is 2.90. The lowest BCUT2D eigenvalue weighted by molar-refractivity contribution is -0.453. The summed E-state index contributed by atoms with van der Waals surface area (Å²) in [6.07, 6.45) is -19.5. The summed E-state index contributed by atoms with van der Waals surface area (Å²) in [4.78, 5) is 10.5. The van der Waals surface area contributed by atoms with Crippen LogP contribution in [-0.4, -0.2) is 47.9 Å². The molecule has 0 saturated heterocycles. The molecular formula is C11H4F15NO2. The summed E-state index contributed by atoms with van der Waals surface area (Å²) in [6, 6.07) is 0.662. The van der Waals surface area contributed by atoms with Crippen LogP contribution < -0.4 is 0 Å². The van der Waals surface area contributed by atoms with Gasteiger partial charge in [0.2, 0.25) is 0 Å². The zero-order chi connectivity index (χ0) is 23.9. The summed E-state index contributed by atoms with van der Waals surface area (Å²) in [5, 5.41) is 7.89. The topological polar surface area (TPSA) is 50.1 Å². The van der Waals surface area contributed by atoms with E-state index in [2.05, 4.69) is 4.74 Å². The number of esters is 1. The second-order valence-corrected chi connectivity index (χ2v) is 5.12. The minimum atomic E-state index is -8.23. The molecule has 0 fully saturated rings. The van der Waals surface area contributed by atoms with Crippen molar-refractivity contribution in [2.45, 2.75) is 54.7 Å². The van der Waals surface area contributed by atoms with E-state index in [1.54, 1.807) is 0 Å². The number of hydrogen-bond donors (Lipinski definition) is 0. The van der Waals surface area contributed by atoms with Gasteiger partial charge in [0.15, 0.2) is 0 Å². The lowest BCUT2D eigenvalue weighted by Gasteiger charge is -2.40. The monoisotopic (exact) mass is 467 g/mol. The minimum Gasteiger partial charge on any atom is -0.395 e. The van der Waals surface area contributed by atoms with Crippen molar-refractivity contribution in [1.82, 2.24) is 0 Å². The maximum absolute atomic E-state index is 13.2. The van der Waals surface area contributed by atoms with E-state index in [-0.39, 0.29) is 0 Å². The first-order valence-electron chi connectivity index (χ1n) is 6.33. The molecule has 0 bridgehead atoms. The maximum Gasteiger partial charge on any atom is 0.473 e. The average molecular weight is 467 g/mol. The minimum absolute atomic E-state index is 0.662. The molecule has 0 heterocycles. The van der Waals surface area contributed by atoms with Gasteiger partial charge >= 0.3 is 47.9 Å². The summed E-state index contributed by atoms with van der Waals surface area (Å²) < 4.78 is 195. The van der Waals surface area contributed by atoms with E-state index in [1.165, 1.54) is 0 Å². The molecule has 0 amide bonds. The Morgan fingerprint density at radius 3 is 1.41 bits per heavy atom. The van der Waals surface area contributed by atoms with Crippen molar-refractivity contribution < 1.29 is 75.4 Å². The van der Waals surface area contributed by atoms with E-state index in [1.807, 2.05) is 0 Å². The van der Waals surface area contributed by atoms with Gasteiger partial charge in [0.1, 0.15) is 12.8 Å². The highest BCUT2D eigenvalue weighted by molar-refractivity contribution is 5.72. The average Bonchev–Trinajstić information content (AvgIpc) is 2.43. The Bertz CT molecular complexity index is 660.